The van der Waals surface area contributed by atoms with Crippen LogP contribution in [0.1, 0.15) is 63.9 Å². The molecule has 1 N–H and O–H groups in total. The molecule has 2 atom stereocenters. The lowest BCUT2D eigenvalue weighted by Crippen LogP contribution is -2.40. The van der Waals surface area contributed by atoms with Crippen molar-refractivity contribution in [1.29, 1.82) is 0 Å². The van der Waals surface area contributed by atoms with Crippen LogP contribution in [0.4, 0.5) is 0 Å². The van der Waals surface area contributed by atoms with Gasteiger partial charge in [-0.25, -0.2) is 0 Å². The normalized spacial score (nSPS) is 21.9. The summed E-state index contributed by atoms with van der Waals surface area (Å²) in [6, 6.07) is 5.00. The van der Waals surface area contributed by atoms with Crippen molar-refractivity contribution in [1.82, 2.24) is 4.90 Å². The zero-order valence-corrected chi connectivity index (χ0v) is 15.2. The van der Waals surface area contributed by atoms with E-state index in [2.05, 4.69) is 37.8 Å². The van der Waals surface area contributed by atoms with Gasteiger partial charge in [0.1, 0.15) is 0 Å². The second-order valence-corrected chi connectivity index (χ2v) is 9.21. The third-order valence-corrected chi connectivity index (χ3v) is 6.55. The Hall–Kier alpha value is -0.0300. The van der Waals surface area contributed by atoms with E-state index in [4.69, 9.17) is 0 Å². The molecule has 4 heteroatoms. The summed E-state index contributed by atoms with van der Waals surface area (Å²) < 4.78 is 1.32. The Bertz CT molecular complexity index is 419. The molecule has 1 aromatic rings. The number of rotatable bonds is 7. The highest BCUT2D eigenvalue weighted by Gasteiger charge is 2.21. The maximum Gasteiger partial charge on any atom is 0.0894 e. The standard InChI is InChI=1S/C17H29NOS2/c1-4-14-7-5-6-11-18(14)12-10-15(19)16-8-9-17(21-16)20-13(2)3/h8-9,13-15,19H,4-7,10-12H2,1-3H3. The Morgan fingerprint density at radius 2 is 2.19 bits per heavy atom. The van der Waals surface area contributed by atoms with Crippen LogP contribution in [0.15, 0.2) is 16.3 Å². The van der Waals surface area contributed by atoms with Crippen molar-refractivity contribution in [2.75, 3.05) is 13.1 Å². The number of thiophene rings is 1. The van der Waals surface area contributed by atoms with Gasteiger partial charge in [0.2, 0.25) is 0 Å². The van der Waals surface area contributed by atoms with Crippen LogP contribution in [0.3, 0.4) is 0 Å². The van der Waals surface area contributed by atoms with E-state index < -0.39 is 0 Å². The van der Waals surface area contributed by atoms with E-state index in [1.54, 1.807) is 11.3 Å². The Morgan fingerprint density at radius 1 is 1.38 bits per heavy atom. The molecule has 1 aliphatic rings. The summed E-state index contributed by atoms with van der Waals surface area (Å²) in [6.07, 6.45) is 5.84. The van der Waals surface area contributed by atoms with Gasteiger partial charge in [-0.15, -0.1) is 23.1 Å². The lowest BCUT2D eigenvalue weighted by atomic mass is 9.99. The average Bonchev–Trinajstić information content (AvgIpc) is 2.92. The zero-order valence-electron chi connectivity index (χ0n) is 13.5. The minimum atomic E-state index is -0.295. The van der Waals surface area contributed by atoms with Crippen molar-refractivity contribution in [2.45, 2.75) is 74.5 Å². The zero-order chi connectivity index (χ0) is 15.2. The number of hydrogen-bond acceptors (Lipinski definition) is 4. The molecular weight excluding hydrogens is 298 g/mol. The van der Waals surface area contributed by atoms with E-state index in [0.717, 1.165) is 23.9 Å². The molecule has 0 spiro atoms. The minimum Gasteiger partial charge on any atom is -0.388 e. The molecule has 120 valence electrons. The monoisotopic (exact) mass is 327 g/mol. The van der Waals surface area contributed by atoms with Crippen molar-refractivity contribution < 1.29 is 5.11 Å². The highest BCUT2D eigenvalue weighted by molar-refractivity contribution is 8.01. The number of aliphatic hydroxyl groups excluding tert-OH is 1. The first kappa shape index (κ1) is 17.3. The Kier molecular flexibility index (Phi) is 7.06. The van der Waals surface area contributed by atoms with Gasteiger partial charge in [-0.3, -0.25) is 0 Å². The minimum absolute atomic E-state index is 0.295. The number of likely N-dealkylation sites (tertiary alicyclic amines) is 1. The summed E-state index contributed by atoms with van der Waals surface area (Å²) in [5, 5.41) is 11.0. The van der Waals surface area contributed by atoms with Crippen molar-refractivity contribution in [3.8, 4) is 0 Å². The SMILES string of the molecule is CCC1CCCCN1CCC(O)c1ccc(SC(C)C)s1. The van der Waals surface area contributed by atoms with Gasteiger partial charge in [0.05, 0.1) is 10.3 Å². The molecule has 2 nitrogen and oxygen atoms in total. The van der Waals surface area contributed by atoms with Gasteiger partial charge < -0.3 is 10.0 Å². The fraction of sp³-hybridized carbons (Fsp3) is 0.765. The van der Waals surface area contributed by atoms with Crippen molar-refractivity contribution in [3.05, 3.63) is 17.0 Å². The Labute approximate surface area is 137 Å². The van der Waals surface area contributed by atoms with Gasteiger partial charge in [0.15, 0.2) is 0 Å². The lowest BCUT2D eigenvalue weighted by Gasteiger charge is -2.35. The average molecular weight is 328 g/mol. The molecule has 1 aliphatic heterocycles. The van der Waals surface area contributed by atoms with Crippen molar-refractivity contribution in [2.24, 2.45) is 0 Å². The van der Waals surface area contributed by atoms with Gasteiger partial charge in [0.25, 0.3) is 0 Å². The molecule has 2 rings (SSSR count). The molecule has 1 aromatic heterocycles. The van der Waals surface area contributed by atoms with Crippen LogP contribution in [0.2, 0.25) is 0 Å². The fourth-order valence-corrected chi connectivity index (χ4v) is 5.48. The van der Waals surface area contributed by atoms with Gasteiger partial charge in [-0.05, 0) is 44.4 Å². The van der Waals surface area contributed by atoms with Gasteiger partial charge >= 0.3 is 0 Å². The summed E-state index contributed by atoms with van der Waals surface area (Å²) in [4.78, 5) is 3.72. The van der Waals surface area contributed by atoms with Crippen LogP contribution in [0.25, 0.3) is 0 Å². The van der Waals surface area contributed by atoms with Crippen LogP contribution < -0.4 is 0 Å². The maximum absolute atomic E-state index is 10.4. The van der Waals surface area contributed by atoms with Crippen LogP contribution in [-0.4, -0.2) is 34.4 Å². The van der Waals surface area contributed by atoms with Crippen LogP contribution in [-0.2, 0) is 0 Å². The highest BCUT2D eigenvalue weighted by atomic mass is 32.2. The van der Waals surface area contributed by atoms with Crippen LogP contribution >= 0.6 is 23.1 Å². The molecule has 21 heavy (non-hydrogen) atoms. The Balaban J connectivity index is 1.83. The summed E-state index contributed by atoms with van der Waals surface area (Å²) in [5.74, 6) is 0. The van der Waals surface area contributed by atoms with Crippen molar-refractivity contribution >= 4 is 23.1 Å². The quantitative estimate of drug-likeness (QED) is 0.718. The smallest absolute Gasteiger partial charge is 0.0894 e. The first-order valence-electron chi connectivity index (χ1n) is 8.28. The fourth-order valence-electron chi connectivity index (χ4n) is 3.06. The molecule has 0 amide bonds. The summed E-state index contributed by atoms with van der Waals surface area (Å²) in [7, 11) is 0. The van der Waals surface area contributed by atoms with E-state index >= 15 is 0 Å². The lowest BCUT2D eigenvalue weighted by molar-refractivity contribution is 0.103. The Morgan fingerprint density at radius 3 is 2.90 bits per heavy atom. The predicted octanol–water partition coefficient (Wildman–Crippen LogP) is 4.94. The van der Waals surface area contributed by atoms with E-state index in [1.807, 2.05) is 11.8 Å². The number of piperidine rings is 1. The molecule has 2 unspecified atom stereocenters. The molecule has 0 radical (unpaired) electrons. The van der Waals surface area contributed by atoms with Gasteiger partial charge in [-0.1, -0.05) is 27.2 Å². The van der Waals surface area contributed by atoms with Crippen LogP contribution in [0.5, 0.6) is 0 Å². The second-order valence-electron chi connectivity index (χ2n) is 6.22. The first-order valence-corrected chi connectivity index (χ1v) is 9.98. The topological polar surface area (TPSA) is 23.5 Å². The third kappa shape index (κ3) is 5.27. The first-order chi connectivity index (χ1) is 10.1. The van der Waals surface area contributed by atoms with Crippen LogP contribution in [0, 0.1) is 0 Å². The van der Waals surface area contributed by atoms with Gasteiger partial charge in [-0.2, -0.15) is 0 Å². The van der Waals surface area contributed by atoms with Gasteiger partial charge in [0, 0.05) is 22.7 Å². The molecule has 0 saturated carbocycles. The molecule has 0 aromatic carbocycles. The molecule has 1 fully saturated rings. The molecular formula is C17H29NOS2. The van der Waals surface area contributed by atoms with E-state index in [9.17, 15) is 5.11 Å². The highest BCUT2D eigenvalue weighted by Crippen LogP contribution is 2.34. The number of aliphatic hydroxyl groups is 1. The largest absolute Gasteiger partial charge is 0.388 e. The molecule has 2 heterocycles. The van der Waals surface area contributed by atoms with E-state index in [-0.39, 0.29) is 6.10 Å². The predicted molar refractivity (Wildman–Crippen MR) is 94.4 cm³/mol. The third-order valence-electron chi connectivity index (χ3n) is 4.19. The summed E-state index contributed by atoms with van der Waals surface area (Å²) in [5.41, 5.74) is 0. The summed E-state index contributed by atoms with van der Waals surface area (Å²) in [6.45, 7) is 8.95. The molecule has 0 aliphatic carbocycles. The van der Waals surface area contributed by atoms with E-state index in [0.29, 0.717) is 5.25 Å². The number of hydrogen-bond donors (Lipinski definition) is 1. The second kappa shape index (κ2) is 8.56. The molecule has 0 bridgehead atoms. The molecule has 1 saturated heterocycles. The van der Waals surface area contributed by atoms with E-state index in [1.165, 1.54) is 36.4 Å². The maximum atomic E-state index is 10.4. The van der Waals surface area contributed by atoms with Crippen molar-refractivity contribution in [3.63, 3.8) is 0 Å². The summed E-state index contributed by atoms with van der Waals surface area (Å²) >= 11 is 3.64. The number of nitrogens with zero attached hydrogens (tertiary/aromatic N) is 1. The number of thioether (sulfide) groups is 1.